The molecule has 54 heavy (non-hydrogen) atoms. The molecule has 0 bridgehead atoms. The Morgan fingerprint density at radius 3 is 2.07 bits per heavy atom. The molecule has 0 spiro atoms. The molecule has 0 saturated carbocycles. The van der Waals surface area contributed by atoms with Gasteiger partial charge in [-0.05, 0) is 69.0 Å². The average molecular weight is 736 g/mol. The van der Waals surface area contributed by atoms with Crippen LogP contribution in [0.1, 0.15) is 44.7 Å². The van der Waals surface area contributed by atoms with E-state index in [2.05, 4.69) is 26.3 Å². The number of hydrogen-bond acceptors (Lipinski definition) is 9. The van der Waals surface area contributed by atoms with Gasteiger partial charge in [0.15, 0.2) is 0 Å². The zero-order chi connectivity index (χ0) is 38.5. The molecule has 4 aromatic carbocycles. The molecule has 0 saturated heterocycles. The third-order valence-corrected chi connectivity index (χ3v) is 7.66. The predicted molar refractivity (Wildman–Crippen MR) is 203 cm³/mol. The van der Waals surface area contributed by atoms with E-state index in [-0.39, 0.29) is 49.6 Å². The highest BCUT2D eigenvalue weighted by Crippen LogP contribution is 2.22. The van der Waals surface area contributed by atoms with Gasteiger partial charge in [-0.1, -0.05) is 72.8 Å². The molecule has 0 fully saturated rings. The van der Waals surface area contributed by atoms with E-state index in [9.17, 15) is 24.0 Å². The number of nitrogens with zero attached hydrogens (tertiary/aromatic N) is 1. The number of anilines is 1. The van der Waals surface area contributed by atoms with E-state index in [1.54, 1.807) is 93.6 Å². The van der Waals surface area contributed by atoms with Gasteiger partial charge >= 0.3 is 18.3 Å². The van der Waals surface area contributed by atoms with Crippen molar-refractivity contribution in [2.75, 3.05) is 11.9 Å². The lowest BCUT2D eigenvalue weighted by molar-refractivity contribution is -0.118. The summed E-state index contributed by atoms with van der Waals surface area (Å²) in [5, 5.41) is 11.5. The Labute approximate surface area is 310 Å². The second-order valence-corrected chi connectivity index (χ2v) is 13.1. The van der Waals surface area contributed by atoms with Gasteiger partial charge in [0.25, 0.3) is 0 Å². The number of rotatable bonds is 11. The minimum Gasteiger partial charge on any atom is -0.456 e. The molecular formula is C40H41N5O9. The van der Waals surface area contributed by atoms with Crippen LogP contribution in [0.2, 0.25) is 0 Å². The van der Waals surface area contributed by atoms with Gasteiger partial charge in [-0.3, -0.25) is 14.9 Å². The van der Waals surface area contributed by atoms with Crippen LogP contribution in [0, 0.1) is 0 Å². The number of carbonyl (C=O) groups excluding carboxylic acids is 4. The standard InChI is InChI=1S/C40H41N5O9/c1-40(2,3)54-39(50)43-31(35(47)42-28-20-21-30-33(23-28)53-32-19-11-10-17-29(32)34(30)46)18-12-22-41-36(44-37(48)51-24-26-13-6-4-7-14-26)45-38(49)52-25-27-15-8-5-9-16-27/h4-11,13-17,19-21,23,31H,12,18,22,24-25H2,1-3H3,(H,42,47)(H,43,50)(H2,41,44,45,48,49). The smallest absolute Gasteiger partial charge is 0.437 e. The van der Waals surface area contributed by atoms with Crippen LogP contribution in [0.5, 0.6) is 0 Å². The molecule has 1 unspecified atom stereocenters. The molecular weight excluding hydrogens is 694 g/mol. The number of ether oxygens (including phenoxy) is 3. The Kier molecular flexibility index (Phi) is 13.0. The first-order valence-electron chi connectivity index (χ1n) is 17.2. The van der Waals surface area contributed by atoms with Crippen LogP contribution in [0.4, 0.5) is 20.1 Å². The average Bonchev–Trinajstić information content (AvgIpc) is 3.14. The number of alkyl carbamates (subject to hydrolysis) is 2. The summed E-state index contributed by atoms with van der Waals surface area (Å²) in [6, 6.07) is 28.5. The maximum absolute atomic E-state index is 13.6. The zero-order valence-electron chi connectivity index (χ0n) is 30.0. The topological polar surface area (TPSA) is 187 Å². The van der Waals surface area contributed by atoms with Gasteiger partial charge in [-0.25, -0.2) is 14.4 Å². The first-order valence-corrected chi connectivity index (χ1v) is 17.2. The van der Waals surface area contributed by atoms with Crippen LogP contribution >= 0.6 is 0 Å². The normalized spacial score (nSPS) is 12.0. The monoisotopic (exact) mass is 735 g/mol. The SMILES string of the molecule is CC(C)(C)OC(=O)NC(CCCN/C(=N/C(=O)OCc1ccccc1)NC(=O)OCc1ccccc1)C(=O)Nc1ccc2c(=O)c3ccccc3oc2c1. The van der Waals surface area contributed by atoms with Gasteiger partial charge in [0.05, 0.1) is 10.8 Å². The Morgan fingerprint density at radius 1 is 0.759 bits per heavy atom. The molecule has 0 aliphatic heterocycles. The summed E-state index contributed by atoms with van der Waals surface area (Å²) in [5.74, 6) is -0.804. The van der Waals surface area contributed by atoms with Gasteiger partial charge in [-0.2, -0.15) is 0 Å². The van der Waals surface area contributed by atoms with E-state index >= 15 is 0 Å². The van der Waals surface area contributed by atoms with Crippen LogP contribution < -0.4 is 26.7 Å². The van der Waals surface area contributed by atoms with Crippen molar-refractivity contribution in [3.05, 3.63) is 124 Å². The summed E-state index contributed by atoms with van der Waals surface area (Å²) in [6.45, 7) is 5.12. The van der Waals surface area contributed by atoms with Crippen molar-refractivity contribution in [3.63, 3.8) is 0 Å². The number of amides is 4. The Balaban J connectivity index is 1.25. The van der Waals surface area contributed by atoms with Gasteiger partial charge in [0, 0.05) is 18.3 Å². The van der Waals surface area contributed by atoms with Crippen LogP contribution in [0.15, 0.2) is 117 Å². The van der Waals surface area contributed by atoms with Crippen LogP contribution in [-0.4, -0.2) is 48.3 Å². The number of aliphatic imine (C=N–C) groups is 1. The molecule has 280 valence electrons. The summed E-state index contributed by atoms with van der Waals surface area (Å²) in [7, 11) is 0. The van der Waals surface area contributed by atoms with Crippen LogP contribution in [0.25, 0.3) is 21.9 Å². The Hall–Kier alpha value is -6.70. The van der Waals surface area contributed by atoms with Crippen molar-refractivity contribution >= 4 is 57.8 Å². The largest absolute Gasteiger partial charge is 0.456 e. The molecule has 4 amide bonds. The number of guanidine groups is 1. The van der Waals surface area contributed by atoms with Crippen molar-refractivity contribution < 1.29 is 37.8 Å². The molecule has 5 rings (SSSR count). The lowest BCUT2D eigenvalue weighted by Crippen LogP contribution is -2.46. The molecule has 14 heteroatoms. The fraction of sp³-hybridized carbons (Fsp3) is 0.250. The molecule has 1 heterocycles. The Morgan fingerprint density at radius 2 is 1.39 bits per heavy atom. The van der Waals surface area contributed by atoms with Crippen molar-refractivity contribution in [3.8, 4) is 0 Å². The minimum absolute atomic E-state index is 0.0223. The second kappa shape index (κ2) is 18.2. The lowest BCUT2D eigenvalue weighted by atomic mass is 10.1. The fourth-order valence-corrected chi connectivity index (χ4v) is 5.15. The number of nitrogens with one attached hydrogen (secondary N) is 4. The number of carbonyl (C=O) groups is 4. The molecule has 5 aromatic rings. The molecule has 0 radical (unpaired) electrons. The first kappa shape index (κ1) is 38.5. The molecule has 1 aromatic heterocycles. The maximum atomic E-state index is 13.6. The third-order valence-electron chi connectivity index (χ3n) is 7.66. The Bertz CT molecular complexity index is 2180. The van der Waals surface area contributed by atoms with Gasteiger partial charge in [-0.15, -0.1) is 4.99 Å². The zero-order valence-corrected chi connectivity index (χ0v) is 30.0. The van der Waals surface area contributed by atoms with Crippen LogP contribution in [0.3, 0.4) is 0 Å². The second-order valence-electron chi connectivity index (χ2n) is 13.1. The van der Waals surface area contributed by atoms with E-state index in [0.717, 1.165) is 11.1 Å². The van der Waals surface area contributed by atoms with Crippen molar-refractivity contribution in [1.82, 2.24) is 16.0 Å². The van der Waals surface area contributed by atoms with Gasteiger partial charge < -0.3 is 34.6 Å². The number of benzene rings is 4. The number of para-hydroxylation sites is 1. The summed E-state index contributed by atoms with van der Waals surface area (Å²) in [4.78, 5) is 68.4. The van der Waals surface area contributed by atoms with Crippen molar-refractivity contribution in [1.29, 1.82) is 0 Å². The maximum Gasteiger partial charge on any atom is 0.437 e. The van der Waals surface area contributed by atoms with Gasteiger partial charge in [0.1, 0.15) is 36.0 Å². The van der Waals surface area contributed by atoms with E-state index in [4.69, 9.17) is 18.6 Å². The molecule has 4 N–H and O–H groups in total. The highest BCUT2D eigenvalue weighted by Gasteiger charge is 2.25. The van der Waals surface area contributed by atoms with Crippen LogP contribution in [-0.2, 0) is 32.2 Å². The van der Waals surface area contributed by atoms with E-state index in [1.165, 1.54) is 6.07 Å². The minimum atomic E-state index is -1.08. The third kappa shape index (κ3) is 11.7. The summed E-state index contributed by atoms with van der Waals surface area (Å²) < 4.78 is 21.8. The molecule has 1 atom stereocenters. The molecule has 0 aliphatic rings. The predicted octanol–water partition coefficient (Wildman–Crippen LogP) is 6.77. The summed E-state index contributed by atoms with van der Waals surface area (Å²) >= 11 is 0. The van der Waals surface area contributed by atoms with Gasteiger partial charge in [0.2, 0.25) is 17.3 Å². The molecule has 0 aliphatic carbocycles. The summed E-state index contributed by atoms with van der Waals surface area (Å²) in [5.41, 5.74) is 1.49. The summed E-state index contributed by atoms with van der Waals surface area (Å²) in [6.07, 6.45) is -2.31. The van der Waals surface area contributed by atoms with E-state index in [1.807, 2.05) is 24.3 Å². The fourth-order valence-electron chi connectivity index (χ4n) is 5.15. The van der Waals surface area contributed by atoms with E-state index in [0.29, 0.717) is 22.0 Å². The first-order chi connectivity index (χ1) is 25.9. The lowest BCUT2D eigenvalue weighted by Gasteiger charge is -2.23. The number of fused-ring (bicyclic) bond motifs is 2. The van der Waals surface area contributed by atoms with Crippen molar-refractivity contribution in [2.45, 2.75) is 58.5 Å². The highest BCUT2D eigenvalue weighted by molar-refractivity contribution is 6.00. The van der Waals surface area contributed by atoms with Crippen molar-refractivity contribution in [2.24, 2.45) is 4.99 Å². The number of hydrogen-bond donors (Lipinski definition) is 4. The van der Waals surface area contributed by atoms with E-state index < -0.39 is 35.8 Å². The molecule has 14 nitrogen and oxygen atoms in total. The quantitative estimate of drug-likeness (QED) is 0.0371. The highest BCUT2D eigenvalue weighted by atomic mass is 16.6.